The summed E-state index contributed by atoms with van der Waals surface area (Å²) in [6.45, 7) is 8.29. The Morgan fingerprint density at radius 3 is 2.25 bits per heavy atom. The van der Waals surface area contributed by atoms with Crippen LogP contribution in [-0.2, 0) is 0 Å². The monoisotopic (exact) mass is 230 g/mol. The maximum Gasteiger partial charge on any atom is 0.0752 e. The average Bonchev–Trinajstić information content (AvgIpc) is 2.32. The van der Waals surface area contributed by atoms with E-state index in [1.807, 2.05) is 0 Å². The van der Waals surface area contributed by atoms with Gasteiger partial charge >= 0.3 is 0 Å². The van der Waals surface area contributed by atoms with Crippen molar-refractivity contribution < 1.29 is 5.11 Å². The van der Waals surface area contributed by atoms with Crippen molar-refractivity contribution in [3.63, 3.8) is 0 Å². The second-order valence-electron chi connectivity index (χ2n) is 4.78. The highest BCUT2D eigenvalue weighted by molar-refractivity contribution is 9.10. The zero-order valence-corrected chi connectivity index (χ0v) is 9.24. The summed E-state index contributed by atoms with van der Waals surface area (Å²) in [4.78, 5) is 0. The Morgan fingerprint density at radius 1 is 1.42 bits per heavy atom. The average molecular weight is 231 g/mol. The van der Waals surface area contributed by atoms with Gasteiger partial charge in [-0.1, -0.05) is 41.9 Å². The van der Waals surface area contributed by atoms with Crippen molar-refractivity contribution in [3.8, 4) is 0 Å². The number of fused-ring (bicyclic) bond motifs is 2. The van der Waals surface area contributed by atoms with Crippen LogP contribution in [0.25, 0.3) is 0 Å². The molecule has 0 aromatic heterocycles. The van der Waals surface area contributed by atoms with Gasteiger partial charge in [0, 0.05) is 9.74 Å². The predicted molar refractivity (Wildman–Crippen MR) is 53.4 cm³/mol. The Labute approximate surface area is 82.0 Å². The van der Waals surface area contributed by atoms with Gasteiger partial charge < -0.3 is 5.11 Å². The van der Waals surface area contributed by atoms with E-state index in [0.29, 0.717) is 0 Å². The summed E-state index contributed by atoms with van der Waals surface area (Å²) in [6, 6.07) is 0. The Kier molecular flexibility index (Phi) is 1.45. The van der Waals surface area contributed by atoms with Crippen LogP contribution in [0, 0.1) is 5.41 Å². The molecule has 0 aliphatic heterocycles. The minimum Gasteiger partial charge on any atom is -0.389 e. The fourth-order valence-electron chi connectivity index (χ4n) is 2.68. The van der Waals surface area contributed by atoms with Crippen molar-refractivity contribution >= 4 is 15.9 Å². The zero-order valence-electron chi connectivity index (χ0n) is 7.65. The third kappa shape index (κ3) is 0.734. The number of alkyl halides is 1. The highest BCUT2D eigenvalue weighted by Gasteiger charge is 2.64. The summed E-state index contributed by atoms with van der Waals surface area (Å²) in [6.07, 6.45) is 2.78. The van der Waals surface area contributed by atoms with Gasteiger partial charge in [-0.25, -0.2) is 0 Å². The minimum absolute atomic E-state index is 0.0330. The van der Waals surface area contributed by atoms with Gasteiger partial charge in [0.15, 0.2) is 0 Å². The first-order valence-corrected chi connectivity index (χ1v) is 5.22. The molecule has 1 N–H and O–H groups in total. The normalized spacial score (nSPS) is 50.2. The molecule has 2 unspecified atom stereocenters. The summed E-state index contributed by atoms with van der Waals surface area (Å²) < 4.78 is 0.0330. The van der Waals surface area contributed by atoms with Crippen LogP contribution < -0.4 is 0 Å². The molecule has 68 valence electrons. The molecule has 2 rings (SSSR count). The summed E-state index contributed by atoms with van der Waals surface area (Å²) in [5.41, 5.74) is 0.547. The standard InChI is InChI=1S/C10H15BrO/c1-7-8(2,3)10(12)5-4-9(7,11)6-10/h12H,1,4-6H2,2-3H3. The fraction of sp³-hybridized carbons (Fsp3) is 0.800. The Morgan fingerprint density at radius 2 is 2.00 bits per heavy atom. The number of hydrogen-bond donors (Lipinski definition) is 1. The van der Waals surface area contributed by atoms with Crippen molar-refractivity contribution in [2.45, 2.75) is 43.0 Å². The maximum absolute atomic E-state index is 10.3. The first-order valence-electron chi connectivity index (χ1n) is 4.43. The van der Waals surface area contributed by atoms with Gasteiger partial charge in [-0.3, -0.25) is 0 Å². The molecule has 2 saturated carbocycles. The van der Waals surface area contributed by atoms with Gasteiger partial charge in [-0.2, -0.15) is 0 Å². The lowest BCUT2D eigenvalue weighted by Crippen LogP contribution is -2.41. The van der Waals surface area contributed by atoms with Crippen molar-refractivity contribution in [2.24, 2.45) is 5.41 Å². The Balaban J connectivity index is 2.51. The molecule has 0 heterocycles. The number of rotatable bonds is 0. The van der Waals surface area contributed by atoms with E-state index < -0.39 is 5.60 Å². The van der Waals surface area contributed by atoms with E-state index in [9.17, 15) is 5.11 Å². The lowest BCUT2D eigenvalue weighted by atomic mass is 9.70. The van der Waals surface area contributed by atoms with Crippen molar-refractivity contribution in [1.29, 1.82) is 0 Å². The third-order valence-electron chi connectivity index (χ3n) is 3.97. The molecule has 1 nitrogen and oxygen atoms in total. The van der Waals surface area contributed by atoms with E-state index in [2.05, 4.69) is 36.4 Å². The Bertz CT molecular complexity index is 259. The molecule has 2 aliphatic carbocycles. The number of aliphatic hydroxyl groups is 1. The SMILES string of the molecule is C=C1C2(Br)CCC(O)(C2)C1(C)C. The molecule has 2 aliphatic rings. The van der Waals surface area contributed by atoms with E-state index in [1.54, 1.807) is 0 Å². The maximum atomic E-state index is 10.3. The second-order valence-corrected chi connectivity index (χ2v) is 6.30. The zero-order chi connectivity index (χ0) is 9.20. The lowest BCUT2D eigenvalue weighted by Gasteiger charge is -2.40. The molecular formula is C10H15BrO. The van der Waals surface area contributed by atoms with Crippen molar-refractivity contribution in [1.82, 2.24) is 0 Å². The van der Waals surface area contributed by atoms with Crippen LogP contribution in [0.3, 0.4) is 0 Å². The largest absolute Gasteiger partial charge is 0.389 e. The molecule has 0 aromatic rings. The first-order chi connectivity index (χ1) is 5.32. The van der Waals surface area contributed by atoms with E-state index in [0.717, 1.165) is 19.3 Å². The van der Waals surface area contributed by atoms with Gasteiger partial charge in [0.1, 0.15) is 0 Å². The van der Waals surface area contributed by atoms with Gasteiger partial charge in [-0.15, -0.1) is 0 Å². The summed E-state index contributed by atoms with van der Waals surface area (Å²) in [7, 11) is 0. The van der Waals surface area contributed by atoms with Gasteiger partial charge in [-0.05, 0) is 19.3 Å². The van der Waals surface area contributed by atoms with E-state index in [-0.39, 0.29) is 9.74 Å². The van der Waals surface area contributed by atoms with E-state index in [1.165, 1.54) is 5.57 Å². The molecule has 0 spiro atoms. The van der Waals surface area contributed by atoms with Gasteiger partial charge in [0.2, 0.25) is 0 Å². The van der Waals surface area contributed by atoms with Crippen LogP contribution in [0.2, 0.25) is 0 Å². The molecule has 2 heteroatoms. The van der Waals surface area contributed by atoms with Crippen LogP contribution in [0.5, 0.6) is 0 Å². The van der Waals surface area contributed by atoms with E-state index in [4.69, 9.17) is 0 Å². The second kappa shape index (κ2) is 1.98. The molecule has 2 bridgehead atoms. The molecule has 12 heavy (non-hydrogen) atoms. The van der Waals surface area contributed by atoms with Crippen LogP contribution >= 0.6 is 15.9 Å². The van der Waals surface area contributed by atoms with Gasteiger partial charge in [0.05, 0.1) is 5.60 Å². The summed E-state index contributed by atoms with van der Waals surface area (Å²) in [5.74, 6) is 0. The highest BCUT2D eigenvalue weighted by atomic mass is 79.9. The smallest absolute Gasteiger partial charge is 0.0752 e. The predicted octanol–water partition coefficient (Wildman–Crippen LogP) is 2.63. The molecular weight excluding hydrogens is 216 g/mol. The topological polar surface area (TPSA) is 20.2 Å². The van der Waals surface area contributed by atoms with Crippen molar-refractivity contribution in [3.05, 3.63) is 12.2 Å². The summed E-state index contributed by atoms with van der Waals surface area (Å²) in [5, 5.41) is 10.3. The molecule has 2 atom stereocenters. The highest BCUT2D eigenvalue weighted by Crippen LogP contribution is 2.66. The van der Waals surface area contributed by atoms with Crippen LogP contribution in [0.15, 0.2) is 12.2 Å². The number of hydrogen-bond acceptors (Lipinski definition) is 1. The third-order valence-corrected chi connectivity index (χ3v) is 5.12. The van der Waals surface area contributed by atoms with E-state index >= 15 is 0 Å². The summed E-state index contributed by atoms with van der Waals surface area (Å²) >= 11 is 3.70. The first kappa shape index (κ1) is 8.76. The fourth-order valence-corrected chi connectivity index (χ4v) is 3.83. The molecule has 0 radical (unpaired) electrons. The molecule has 0 aromatic carbocycles. The molecule has 0 amide bonds. The molecule has 2 fully saturated rings. The van der Waals surface area contributed by atoms with Crippen molar-refractivity contribution in [2.75, 3.05) is 0 Å². The minimum atomic E-state index is -0.506. The van der Waals surface area contributed by atoms with Crippen LogP contribution in [0.1, 0.15) is 33.1 Å². The van der Waals surface area contributed by atoms with Gasteiger partial charge in [0.25, 0.3) is 0 Å². The molecule has 0 saturated heterocycles. The number of halogens is 1. The quantitative estimate of drug-likeness (QED) is 0.502. The van der Waals surface area contributed by atoms with Crippen LogP contribution in [0.4, 0.5) is 0 Å². The van der Waals surface area contributed by atoms with Crippen LogP contribution in [-0.4, -0.2) is 15.0 Å². The Hall–Kier alpha value is 0.180. The lowest BCUT2D eigenvalue weighted by molar-refractivity contribution is -0.0282.